The maximum Gasteiger partial charge on any atom is 0.573 e. The fraction of sp³-hybridized carbons (Fsp3) is 0.462. The van der Waals surface area contributed by atoms with Crippen molar-refractivity contribution < 1.29 is 27.4 Å². The Morgan fingerprint density at radius 2 is 2.05 bits per heavy atom. The van der Waals surface area contributed by atoms with Crippen LogP contribution in [0, 0.1) is 5.92 Å². The zero-order chi connectivity index (χ0) is 16.0. The molecule has 1 aromatic rings. The van der Waals surface area contributed by atoms with E-state index >= 15 is 0 Å². The minimum Gasteiger partial charge on any atom is -0.484 e. The van der Waals surface area contributed by atoms with E-state index in [1.54, 1.807) is 0 Å². The number of carbonyl (C=O) groups excluding carboxylic acids is 1. The SMILES string of the molecule is CC(C)CNC(=O)COc1ccc(OC(F)(F)F)c(Br)c1. The molecule has 0 radical (unpaired) electrons. The van der Waals surface area contributed by atoms with Crippen molar-refractivity contribution >= 4 is 21.8 Å². The van der Waals surface area contributed by atoms with Gasteiger partial charge in [0.2, 0.25) is 0 Å². The van der Waals surface area contributed by atoms with Crippen molar-refractivity contribution in [3.05, 3.63) is 22.7 Å². The first kappa shape index (κ1) is 17.6. The topological polar surface area (TPSA) is 47.6 Å². The largest absolute Gasteiger partial charge is 0.573 e. The quantitative estimate of drug-likeness (QED) is 0.834. The van der Waals surface area contributed by atoms with Crippen LogP contribution in [-0.4, -0.2) is 25.4 Å². The maximum atomic E-state index is 12.1. The van der Waals surface area contributed by atoms with Crippen molar-refractivity contribution in [2.24, 2.45) is 5.92 Å². The summed E-state index contributed by atoms with van der Waals surface area (Å²) in [5.41, 5.74) is 0. The minimum atomic E-state index is -4.76. The van der Waals surface area contributed by atoms with E-state index in [2.05, 4.69) is 26.0 Å². The molecule has 0 bridgehead atoms. The fourth-order valence-electron chi connectivity index (χ4n) is 1.30. The number of hydrogen-bond acceptors (Lipinski definition) is 3. The highest BCUT2D eigenvalue weighted by molar-refractivity contribution is 9.10. The van der Waals surface area contributed by atoms with Gasteiger partial charge in [-0.15, -0.1) is 13.2 Å². The summed E-state index contributed by atoms with van der Waals surface area (Å²) in [6, 6.07) is 3.71. The Hall–Kier alpha value is -1.44. The van der Waals surface area contributed by atoms with Gasteiger partial charge in [0.05, 0.1) is 4.47 Å². The summed E-state index contributed by atoms with van der Waals surface area (Å²) >= 11 is 2.95. The Labute approximate surface area is 128 Å². The average Bonchev–Trinajstić information content (AvgIpc) is 2.35. The van der Waals surface area contributed by atoms with E-state index in [1.807, 2.05) is 13.8 Å². The highest BCUT2D eigenvalue weighted by atomic mass is 79.9. The first-order valence-electron chi connectivity index (χ1n) is 6.12. The van der Waals surface area contributed by atoms with Crippen molar-refractivity contribution in [2.45, 2.75) is 20.2 Å². The molecule has 0 saturated heterocycles. The lowest BCUT2D eigenvalue weighted by Gasteiger charge is -2.12. The van der Waals surface area contributed by atoms with Gasteiger partial charge in [0, 0.05) is 6.54 Å². The predicted molar refractivity (Wildman–Crippen MR) is 74.2 cm³/mol. The Balaban J connectivity index is 2.54. The number of nitrogens with one attached hydrogen (secondary N) is 1. The van der Waals surface area contributed by atoms with Gasteiger partial charge in [-0.1, -0.05) is 13.8 Å². The van der Waals surface area contributed by atoms with E-state index in [9.17, 15) is 18.0 Å². The molecule has 118 valence electrons. The lowest BCUT2D eigenvalue weighted by atomic mass is 10.2. The Bertz CT molecular complexity index is 492. The van der Waals surface area contributed by atoms with Crippen molar-refractivity contribution in [1.82, 2.24) is 5.32 Å². The van der Waals surface area contributed by atoms with Crippen LogP contribution in [0.15, 0.2) is 22.7 Å². The summed E-state index contributed by atoms with van der Waals surface area (Å²) in [7, 11) is 0. The lowest BCUT2D eigenvalue weighted by Crippen LogP contribution is -2.31. The van der Waals surface area contributed by atoms with Crippen molar-refractivity contribution in [3.8, 4) is 11.5 Å². The first-order valence-corrected chi connectivity index (χ1v) is 6.91. The number of alkyl halides is 3. The standard InChI is InChI=1S/C13H15BrF3NO3/c1-8(2)6-18-12(19)7-20-9-3-4-11(10(14)5-9)21-13(15,16)17/h3-5,8H,6-7H2,1-2H3,(H,18,19). The number of amides is 1. The van der Waals surface area contributed by atoms with Gasteiger partial charge in [-0.25, -0.2) is 0 Å². The monoisotopic (exact) mass is 369 g/mol. The summed E-state index contributed by atoms with van der Waals surface area (Å²) in [6.07, 6.45) is -4.76. The third-order valence-corrected chi connectivity index (χ3v) is 2.83. The summed E-state index contributed by atoms with van der Waals surface area (Å²) in [5.74, 6) is -0.0902. The zero-order valence-electron chi connectivity index (χ0n) is 11.5. The van der Waals surface area contributed by atoms with Crippen LogP contribution >= 0.6 is 15.9 Å². The molecule has 0 atom stereocenters. The highest BCUT2D eigenvalue weighted by Crippen LogP contribution is 2.33. The first-order chi connectivity index (χ1) is 9.67. The normalized spacial score (nSPS) is 11.4. The molecule has 0 aliphatic heterocycles. The molecule has 0 spiro atoms. The van der Waals surface area contributed by atoms with Gasteiger partial charge < -0.3 is 14.8 Å². The van der Waals surface area contributed by atoms with Gasteiger partial charge in [-0.2, -0.15) is 0 Å². The van der Waals surface area contributed by atoms with Gasteiger partial charge >= 0.3 is 6.36 Å². The van der Waals surface area contributed by atoms with Crippen LogP contribution in [0.4, 0.5) is 13.2 Å². The highest BCUT2D eigenvalue weighted by Gasteiger charge is 2.32. The molecule has 0 fully saturated rings. The maximum absolute atomic E-state index is 12.1. The van der Waals surface area contributed by atoms with Crippen molar-refractivity contribution in [1.29, 1.82) is 0 Å². The van der Waals surface area contributed by atoms with E-state index in [1.165, 1.54) is 12.1 Å². The Morgan fingerprint density at radius 3 is 2.57 bits per heavy atom. The Kier molecular flexibility index (Phi) is 6.32. The number of benzene rings is 1. The second-order valence-electron chi connectivity index (χ2n) is 4.63. The van der Waals surface area contributed by atoms with Gasteiger partial charge in [-0.05, 0) is 40.0 Å². The molecular formula is C13H15BrF3NO3. The van der Waals surface area contributed by atoms with Gasteiger partial charge in [0.25, 0.3) is 5.91 Å². The number of halogens is 4. The molecule has 8 heteroatoms. The Morgan fingerprint density at radius 1 is 1.38 bits per heavy atom. The molecule has 0 saturated carbocycles. The van der Waals surface area contributed by atoms with Crippen molar-refractivity contribution in [3.63, 3.8) is 0 Å². The fourth-order valence-corrected chi connectivity index (χ4v) is 1.74. The van der Waals surface area contributed by atoms with Crippen LogP contribution in [0.3, 0.4) is 0 Å². The van der Waals surface area contributed by atoms with Gasteiger partial charge in [-0.3, -0.25) is 4.79 Å². The molecular weight excluding hydrogens is 355 g/mol. The molecule has 0 heterocycles. The molecule has 1 aromatic carbocycles. The molecule has 1 N–H and O–H groups in total. The third-order valence-electron chi connectivity index (χ3n) is 2.21. The summed E-state index contributed by atoms with van der Waals surface area (Å²) in [6.45, 7) is 4.23. The summed E-state index contributed by atoms with van der Waals surface area (Å²) < 4.78 is 45.4. The predicted octanol–water partition coefficient (Wildman–Crippen LogP) is 3.50. The van der Waals surface area contributed by atoms with Crippen LogP contribution in [-0.2, 0) is 4.79 Å². The molecule has 0 aromatic heterocycles. The number of hydrogen-bond donors (Lipinski definition) is 1. The molecule has 4 nitrogen and oxygen atoms in total. The second-order valence-corrected chi connectivity index (χ2v) is 5.48. The number of ether oxygens (including phenoxy) is 2. The summed E-state index contributed by atoms with van der Waals surface area (Å²) in [5, 5.41) is 2.66. The van der Waals surface area contributed by atoms with E-state index in [0.29, 0.717) is 12.5 Å². The van der Waals surface area contributed by atoms with Crippen molar-refractivity contribution in [2.75, 3.05) is 13.2 Å². The zero-order valence-corrected chi connectivity index (χ0v) is 13.0. The van der Waals surface area contributed by atoms with E-state index in [0.717, 1.165) is 6.07 Å². The summed E-state index contributed by atoms with van der Waals surface area (Å²) in [4.78, 5) is 11.4. The molecule has 21 heavy (non-hydrogen) atoms. The van der Waals surface area contributed by atoms with E-state index in [4.69, 9.17) is 4.74 Å². The number of carbonyl (C=O) groups is 1. The van der Waals surface area contributed by atoms with Crippen LogP contribution in [0.2, 0.25) is 0 Å². The van der Waals surface area contributed by atoms with E-state index < -0.39 is 6.36 Å². The van der Waals surface area contributed by atoms with Crippen LogP contribution < -0.4 is 14.8 Å². The molecule has 0 unspecified atom stereocenters. The van der Waals surface area contributed by atoms with Gasteiger partial charge in [0.1, 0.15) is 11.5 Å². The van der Waals surface area contributed by atoms with Gasteiger partial charge in [0.15, 0.2) is 6.61 Å². The lowest BCUT2D eigenvalue weighted by molar-refractivity contribution is -0.274. The minimum absolute atomic E-state index is 0.0833. The smallest absolute Gasteiger partial charge is 0.484 e. The third kappa shape index (κ3) is 7.22. The molecule has 1 amide bonds. The van der Waals surface area contributed by atoms with Crippen LogP contribution in [0.25, 0.3) is 0 Å². The molecule has 1 rings (SSSR count). The van der Waals surface area contributed by atoms with E-state index in [-0.39, 0.29) is 28.5 Å². The van der Waals surface area contributed by atoms with Crippen LogP contribution in [0.5, 0.6) is 11.5 Å². The average molecular weight is 370 g/mol. The molecule has 0 aliphatic carbocycles. The van der Waals surface area contributed by atoms with Crippen LogP contribution in [0.1, 0.15) is 13.8 Å². The molecule has 0 aliphatic rings. The number of rotatable bonds is 6. The second kappa shape index (κ2) is 7.53.